The molecule has 0 bridgehead atoms. The van der Waals surface area contributed by atoms with E-state index in [1.54, 1.807) is 0 Å². The van der Waals surface area contributed by atoms with E-state index in [0.717, 1.165) is 23.2 Å². The molecule has 2 heterocycles. The summed E-state index contributed by atoms with van der Waals surface area (Å²) in [5.74, 6) is 0.384. The summed E-state index contributed by atoms with van der Waals surface area (Å²) in [6.45, 7) is 3.20. The minimum absolute atomic E-state index is 0. The van der Waals surface area contributed by atoms with Crippen molar-refractivity contribution < 1.29 is 17.9 Å². The minimum atomic E-state index is -0.694. The Hall–Kier alpha value is -1.59. The van der Waals surface area contributed by atoms with Gasteiger partial charge in [0, 0.05) is 18.2 Å². The lowest BCUT2D eigenvalue weighted by atomic mass is 10.1. The molecule has 21 heavy (non-hydrogen) atoms. The van der Waals surface area contributed by atoms with E-state index in [9.17, 15) is 8.78 Å². The molecule has 0 amide bonds. The maximum Gasteiger partial charge on any atom is 0.168 e. The topological polar surface area (TPSA) is 25.6 Å². The van der Waals surface area contributed by atoms with Crippen LogP contribution < -0.4 is 4.74 Å². The van der Waals surface area contributed by atoms with Gasteiger partial charge < -0.3 is 9.15 Å². The van der Waals surface area contributed by atoms with E-state index in [1.165, 1.54) is 12.1 Å². The molecule has 6 heteroatoms. The largest absolute Gasteiger partial charge is 0.481 e. The zero-order chi connectivity index (χ0) is 14.3. The summed E-state index contributed by atoms with van der Waals surface area (Å²) < 4.78 is 37.9. The first kappa shape index (κ1) is 15.8. The Kier molecular flexibility index (Phi) is 4.54. The van der Waals surface area contributed by atoms with Crippen molar-refractivity contribution in [2.45, 2.75) is 19.6 Å². The number of hydrogen-bond donors (Lipinski definition) is 0. The third-order valence-corrected chi connectivity index (χ3v) is 3.37. The third kappa shape index (κ3) is 3.19. The van der Waals surface area contributed by atoms with Crippen LogP contribution in [0.5, 0.6) is 5.75 Å². The van der Waals surface area contributed by atoms with Crippen LogP contribution in [0.15, 0.2) is 28.7 Å². The Balaban J connectivity index is 0.00000161. The van der Waals surface area contributed by atoms with Crippen LogP contribution in [0.2, 0.25) is 0 Å². The molecule has 1 unspecified atom stereocenters. The van der Waals surface area contributed by atoms with Crippen LogP contribution in [0.25, 0.3) is 0 Å². The highest BCUT2D eigenvalue weighted by atomic mass is 35.5. The molecule has 0 radical (unpaired) electrons. The van der Waals surface area contributed by atoms with Gasteiger partial charge in [0.05, 0.1) is 6.54 Å². The van der Waals surface area contributed by atoms with Gasteiger partial charge >= 0.3 is 0 Å². The molecule has 1 aliphatic rings. The molecule has 0 saturated heterocycles. The van der Waals surface area contributed by atoms with E-state index in [4.69, 9.17) is 9.15 Å². The van der Waals surface area contributed by atoms with Crippen LogP contribution in [-0.4, -0.2) is 18.5 Å². The monoisotopic (exact) mass is 315 g/mol. The normalized spacial score (nSPS) is 18.0. The number of rotatable bonds is 2. The summed E-state index contributed by atoms with van der Waals surface area (Å²) >= 11 is 0. The van der Waals surface area contributed by atoms with Crippen LogP contribution in [-0.2, 0) is 6.54 Å². The predicted octanol–water partition coefficient (Wildman–Crippen LogP) is 3.85. The maximum atomic E-state index is 13.7. The molecule has 0 aliphatic carbocycles. The van der Waals surface area contributed by atoms with E-state index < -0.39 is 11.6 Å². The molecular weight excluding hydrogens is 300 g/mol. The van der Waals surface area contributed by atoms with Gasteiger partial charge in [0.1, 0.15) is 23.4 Å². The van der Waals surface area contributed by atoms with Crippen LogP contribution in [0.4, 0.5) is 8.78 Å². The molecule has 1 aliphatic heterocycles. The highest BCUT2D eigenvalue weighted by molar-refractivity contribution is 5.85. The van der Waals surface area contributed by atoms with Crippen molar-refractivity contribution in [3.8, 4) is 5.75 Å². The van der Waals surface area contributed by atoms with Gasteiger partial charge in [0.15, 0.2) is 11.6 Å². The second-order valence-electron chi connectivity index (χ2n) is 5.11. The molecule has 1 aromatic carbocycles. The molecule has 1 aromatic heterocycles. The summed E-state index contributed by atoms with van der Waals surface area (Å²) in [6, 6.07) is 5.23. The third-order valence-electron chi connectivity index (χ3n) is 3.37. The lowest BCUT2D eigenvalue weighted by molar-refractivity contribution is 0.115. The van der Waals surface area contributed by atoms with Crippen LogP contribution in [0.3, 0.4) is 0 Å². The van der Waals surface area contributed by atoms with Gasteiger partial charge in [-0.1, -0.05) is 0 Å². The molecule has 2 aromatic rings. The fourth-order valence-corrected chi connectivity index (χ4v) is 2.49. The molecule has 114 valence electrons. The Morgan fingerprint density at radius 1 is 1.29 bits per heavy atom. The lowest BCUT2D eigenvalue weighted by Gasteiger charge is -2.29. The van der Waals surface area contributed by atoms with E-state index in [-0.39, 0.29) is 24.3 Å². The minimum Gasteiger partial charge on any atom is -0.481 e. The van der Waals surface area contributed by atoms with Crippen LogP contribution in [0, 0.1) is 18.6 Å². The highest BCUT2D eigenvalue weighted by Crippen LogP contribution is 2.33. The van der Waals surface area contributed by atoms with E-state index in [0.29, 0.717) is 13.1 Å². The van der Waals surface area contributed by atoms with Crippen LogP contribution in [0.1, 0.15) is 23.2 Å². The van der Waals surface area contributed by atoms with Crippen molar-refractivity contribution in [2.24, 2.45) is 0 Å². The quantitative estimate of drug-likeness (QED) is 0.841. The van der Waals surface area contributed by atoms with Gasteiger partial charge in [-0.2, -0.15) is 0 Å². The van der Waals surface area contributed by atoms with Crippen molar-refractivity contribution in [3.05, 3.63) is 53.0 Å². The molecule has 3 nitrogen and oxygen atoms in total. The van der Waals surface area contributed by atoms with Crippen molar-refractivity contribution in [1.29, 1.82) is 0 Å². The van der Waals surface area contributed by atoms with Gasteiger partial charge in [-0.25, -0.2) is 8.78 Å². The van der Waals surface area contributed by atoms with Gasteiger partial charge in [-0.3, -0.25) is 4.90 Å². The molecule has 0 fully saturated rings. The SMILES string of the molecule is Cc1cc2c(o1)CN(C)CC2Oc1ccc(F)cc1F.Cl. The number of halogens is 3. The number of likely N-dealkylation sites (N-methyl/N-ethyl adjacent to an activating group) is 1. The summed E-state index contributed by atoms with van der Waals surface area (Å²) in [5.41, 5.74) is 0.935. The average Bonchev–Trinajstić information content (AvgIpc) is 2.73. The first-order valence-electron chi connectivity index (χ1n) is 6.42. The van der Waals surface area contributed by atoms with Crippen molar-refractivity contribution >= 4 is 12.4 Å². The maximum absolute atomic E-state index is 13.7. The van der Waals surface area contributed by atoms with Gasteiger partial charge in [-0.15, -0.1) is 12.4 Å². The number of furan rings is 1. The van der Waals surface area contributed by atoms with E-state index in [1.807, 2.05) is 24.9 Å². The smallest absolute Gasteiger partial charge is 0.168 e. The highest BCUT2D eigenvalue weighted by Gasteiger charge is 2.28. The fourth-order valence-electron chi connectivity index (χ4n) is 2.49. The molecular formula is C15H16ClF2NO2. The van der Waals surface area contributed by atoms with Gasteiger partial charge in [0.2, 0.25) is 0 Å². The number of ether oxygens (including phenoxy) is 1. The zero-order valence-electron chi connectivity index (χ0n) is 11.7. The Bertz CT molecular complexity index is 645. The lowest BCUT2D eigenvalue weighted by Crippen LogP contribution is -2.32. The fraction of sp³-hybridized carbons (Fsp3) is 0.333. The number of nitrogens with zero attached hydrogens (tertiary/aromatic N) is 1. The summed E-state index contributed by atoms with van der Waals surface area (Å²) in [4.78, 5) is 2.04. The van der Waals surface area contributed by atoms with Crippen molar-refractivity contribution in [1.82, 2.24) is 4.90 Å². The Morgan fingerprint density at radius 2 is 2.05 bits per heavy atom. The molecule has 0 saturated carbocycles. The first-order chi connectivity index (χ1) is 9.52. The molecule has 1 atom stereocenters. The van der Waals surface area contributed by atoms with Gasteiger partial charge in [0.25, 0.3) is 0 Å². The van der Waals surface area contributed by atoms with Gasteiger partial charge in [-0.05, 0) is 32.2 Å². The predicted molar refractivity (Wildman–Crippen MR) is 76.8 cm³/mol. The standard InChI is InChI=1S/C15H15F2NO2.ClH/c1-9-5-11-14(19-9)7-18(2)8-15(11)20-13-4-3-10(16)6-12(13)17;/h3-6,15H,7-8H2,1-2H3;1H. The van der Waals surface area contributed by atoms with Crippen molar-refractivity contribution in [3.63, 3.8) is 0 Å². The molecule has 3 rings (SSSR count). The second-order valence-corrected chi connectivity index (χ2v) is 5.11. The number of benzene rings is 1. The molecule has 0 N–H and O–H groups in total. The first-order valence-corrected chi connectivity index (χ1v) is 6.42. The van der Waals surface area contributed by atoms with E-state index in [2.05, 4.69) is 0 Å². The Morgan fingerprint density at radius 3 is 2.76 bits per heavy atom. The summed E-state index contributed by atoms with van der Waals surface area (Å²) in [5, 5.41) is 0. The number of fused-ring (bicyclic) bond motifs is 1. The number of aryl methyl sites for hydroxylation is 1. The zero-order valence-corrected chi connectivity index (χ0v) is 12.5. The second kappa shape index (κ2) is 6.03. The van der Waals surface area contributed by atoms with E-state index >= 15 is 0 Å². The van der Waals surface area contributed by atoms with Crippen molar-refractivity contribution in [2.75, 3.05) is 13.6 Å². The average molecular weight is 316 g/mol. The summed E-state index contributed by atoms with van der Waals surface area (Å²) in [6.07, 6.45) is -0.318. The Labute approximate surface area is 127 Å². The number of hydrogen-bond acceptors (Lipinski definition) is 3. The summed E-state index contributed by atoms with van der Waals surface area (Å²) in [7, 11) is 1.94. The van der Waals surface area contributed by atoms with Crippen LogP contribution >= 0.6 is 12.4 Å². The molecule has 0 spiro atoms.